The SMILES string of the molecule is Cc1ccc(NS(=O)(=O)N(C)CCCN)cn1. The van der Waals surface area contributed by atoms with Gasteiger partial charge in [-0.25, -0.2) is 0 Å². The predicted molar refractivity (Wildman–Crippen MR) is 67.8 cm³/mol. The molecule has 3 N–H and O–H groups in total. The summed E-state index contributed by atoms with van der Waals surface area (Å²) < 4.78 is 27.4. The van der Waals surface area contributed by atoms with Gasteiger partial charge in [0.15, 0.2) is 0 Å². The van der Waals surface area contributed by atoms with Crippen LogP contribution in [0, 0.1) is 6.92 Å². The van der Waals surface area contributed by atoms with Crippen molar-refractivity contribution in [1.82, 2.24) is 9.29 Å². The van der Waals surface area contributed by atoms with E-state index in [1.54, 1.807) is 12.1 Å². The molecule has 0 bridgehead atoms. The van der Waals surface area contributed by atoms with Gasteiger partial charge in [0.1, 0.15) is 0 Å². The Bertz CT molecular complexity index is 444. The minimum absolute atomic E-state index is 0.394. The first-order valence-electron chi connectivity index (χ1n) is 5.32. The molecule has 0 unspecified atom stereocenters. The normalized spacial score (nSPS) is 11.8. The van der Waals surface area contributed by atoms with Gasteiger partial charge in [-0.3, -0.25) is 9.71 Å². The van der Waals surface area contributed by atoms with Crippen LogP contribution < -0.4 is 10.5 Å². The molecule has 0 saturated heterocycles. The second kappa shape index (κ2) is 5.95. The molecule has 0 amide bonds. The van der Waals surface area contributed by atoms with Gasteiger partial charge in [0.05, 0.1) is 11.9 Å². The van der Waals surface area contributed by atoms with E-state index in [2.05, 4.69) is 9.71 Å². The summed E-state index contributed by atoms with van der Waals surface area (Å²) in [6.07, 6.45) is 2.12. The van der Waals surface area contributed by atoms with Gasteiger partial charge in [-0.15, -0.1) is 0 Å². The quantitative estimate of drug-likeness (QED) is 0.769. The molecular weight excluding hydrogens is 240 g/mol. The number of nitrogens with one attached hydrogen (secondary N) is 1. The van der Waals surface area contributed by atoms with Gasteiger partial charge in [0.2, 0.25) is 0 Å². The Morgan fingerprint density at radius 2 is 2.18 bits per heavy atom. The number of pyridine rings is 1. The van der Waals surface area contributed by atoms with E-state index in [1.165, 1.54) is 17.5 Å². The van der Waals surface area contributed by atoms with Crippen LogP contribution in [0.3, 0.4) is 0 Å². The summed E-state index contributed by atoms with van der Waals surface area (Å²) in [7, 11) is -2.00. The molecule has 0 radical (unpaired) electrons. The van der Waals surface area contributed by atoms with Crippen molar-refractivity contribution in [1.29, 1.82) is 0 Å². The number of hydrogen-bond donors (Lipinski definition) is 2. The van der Waals surface area contributed by atoms with Gasteiger partial charge in [-0.05, 0) is 32.0 Å². The van der Waals surface area contributed by atoms with Gasteiger partial charge in [-0.2, -0.15) is 12.7 Å². The first kappa shape index (κ1) is 13.9. The monoisotopic (exact) mass is 258 g/mol. The minimum Gasteiger partial charge on any atom is -0.330 e. The number of nitrogens with two attached hydrogens (primary N) is 1. The molecule has 17 heavy (non-hydrogen) atoms. The molecule has 0 aliphatic heterocycles. The lowest BCUT2D eigenvalue weighted by Crippen LogP contribution is -2.34. The van der Waals surface area contributed by atoms with Gasteiger partial charge >= 0.3 is 10.2 Å². The van der Waals surface area contributed by atoms with E-state index in [0.717, 1.165) is 5.69 Å². The van der Waals surface area contributed by atoms with Crippen molar-refractivity contribution in [3.63, 3.8) is 0 Å². The fraction of sp³-hybridized carbons (Fsp3) is 0.500. The number of aryl methyl sites for hydroxylation is 1. The maximum atomic E-state index is 11.8. The molecule has 1 aromatic rings. The Hall–Kier alpha value is -1.18. The standard InChI is InChI=1S/C10H18N4O2S/c1-9-4-5-10(8-12-9)13-17(15,16)14(2)7-3-6-11/h4-5,8,13H,3,6-7,11H2,1-2H3. The molecule has 0 saturated carbocycles. The summed E-state index contributed by atoms with van der Waals surface area (Å²) >= 11 is 0. The Labute approximate surface area is 102 Å². The summed E-state index contributed by atoms with van der Waals surface area (Å²) in [6.45, 7) is 2.70. The molecule has 1 rings (SSSR count). The molecule has 0 spiro atoms. The molecule has 7 heteroatoms. The Kier molecular flexibility index (Phi) is 4.86. The first-order valence-corrected chi connectivity index (χ1v) is 6.76. The molecular formula is C10H18N4O2S. The van der Waals surface area contributed by atoms with Crippen LogP contribution >= 0.6 is 0 Å². The van der Waals surface area contributed by atoms with Crippen molar-refractivity contribution in [2.75, 3.05) is 24.9 Å². The smallest absolute Gasteiger partial charge is 0.301 e. The summed E-state index contributed by atoms with van der Waals surface area (Å²) in [5, 5.41) is 0. The van der Waals surface area contributed by atoms with Crippen molar-refractivity contribution in [2.24, 2.45) is 5.73 Å². The second-order valence-corrected chi connectivity index (χ2v) is 5.54. The second-order valence-electron chi connectivity index (χ2n) is 3.76. The number of nitrogens with zero attached hydrogens (tertiary/aromatic N) is 2. The molecule has 0 aliphatic carbocycles. The van der Waals surface area contributed by atoms with E-state index in [0.29, 0.717) is 25.2 Å². The topological polar surface area (TPSA) is 88.3 Å². The number of aromatic nitrogens is 1. The minimum atomic E-state index is -3.51. The maximum Gasteiger partial charge on any atom is 0.301 e. The molecule has 96 valence electrons. The maximum absolute atomic E-state index is 11.8. The van der Waals surface area contributed by atoms with E-state index < -0.39 is 10.2 Å². The highest BCUT2D eigenvalue weighted by Gasteiger charge is 2.16. The van der Waals surface area contributed by atoms with Crippen molar-refractivity contribution >= 4 is 15.9 Å². The van der Waals surface area contributed by atoms with Crippen LogP contribution in [-0.4, -0.2) is 37.8 Å². The summed E-state index contributed by atoms with van der Waals surface area (Å²) in [6, 6.07) is 3.42. The van der Waals surface area contributed by atoms with Crippen molar-refractivity contribution < 1.29 is 8.42 Å². The Balaban J connectivity index is 2.69. The largest absolute Gasteiger partial charge is 0.330 e. The van der Waals surface area contributed by atoms with Crippen LogP contribution in [0.5, 0.6) is 0 Å². The van der Waals surface area contributed by atoms with Crippen LogP contribution in [0.1, 0.15) is 12.1 Å². The highest BCUT2D eigenvalue weighted by atomic mass is 32.2. The van der Waals surface area contributed by atoms with Gasteiger partial charge < -0.3 is 5.73 Å². The average molecular weight is 258 g/mol. The van der Waals surface area contributed by atoms with Crippen LogP contribution in [0.15, 0.2) is 18.3 Å². The van der Waals surface area contributed by atoms with E-state index in [-0.39, 0.29) is 0 Å². The van der Waals surface area contributed by atoms with Gasteiger partial charge in [0, 0.05) is 19.3 Å². The van der Waals surface area contributed by atoms with Crippen LogP contribution in [0.2, 0.25) is 0 Å². The van der Waals surface area contributed by atoms with E-state index in [4.69, 9.17) is 5.73 Å². The fourth-order valence-corrected chi connectivity index (χ4v) is 2.13. The Morgan fingerprint density at radius 1 is 1.47 bits per heavy atom. The van der Waals surface area contributed by atoms with Crippen molar-refractivity contribution in [3.8, 4) is 0 Å². The predicted octanol–water partition coefficient (Wildman–Crippen LogP) is 0.327. The average Bonchev–Trinajstić information content (AvgIpc) is 2.28. The number of rotatable bonds is 6. The molecule has 0 aliphatic rings. The van der Waals surface area contributed by atoms with E-state index >= 15 is 0 Å². The number of anilines is 1. The third-order valence-corrected chi connectivity index (χ3v) is 3.74. The summed E-state index contributed by atoms with van der Waals surface area (Å²) in [5.41, 5.74) is 6.63. The lowest BCUT2D eigenvalue weighted by Gasteiger charge is -2.17. The lowest BCUT2D eigenvalue weighted by molar-refractivity contribution is 0.468. The third kappa shape index (κ3) is 4.29. The zero-order valence-electron chi connectivity index (χ0n) is 10.0. The summed E-state index contributed by atoms with van der Waals surface area (Å²) in [5.74, 6) is 0. The highest BCUT2D eigenvalue weighted by Crippen LogP contribution is 2.09. The molecule has 6 nitrogen and oxygen atoms in total. The highest BCUT2D eigenvalue weighted by molar-refractivity contribution is 7.90. The van der Waals surface area contributed by atoms with Gasteiger partial charge in [0.25, 0.3) is 0 Å². The van der Waals surface area contributed by atoms with E-state index in [1.807, 2.05) is 6.92 Å². The fourth-order valence-electron chi connectivity index (χ4n) is 1.19. The molecule has 0 atom stereocenters. The van der Waals surface area contributed by atoms with Gasteiger partial charge in [-0.1, -0.05) is 0 Å². The van der Waals surface area contributed by atoms with Crippen molar-refractivity contribution in [2.45, 2.75) is 13.3 Å². The molecule has 0 fully saturated rings. The van der Waals surface area contributed by atoms with Crippen LogP contribution in [0.25, 0.3) is 0 Å². The Morgan fingerprint density at radius 3 is 2.71 bits per heavy atom. The first-order chi connectivity index (χ1) is 7.95. The zero-order chi connectivity index (χ0) is 12.9. The van der Waals surface area contributed by atoms with E-state index in [9.17, 15) is 8.42 Å². The molecule has 1 heterocycles. The van der Waals surface area contributed by atoms with Crippen LogP contribution in [0.4, 0.5) is 5.69 Å². The number of hydrogen-bond acceptors (Lipinski definition) is 4. The molecule has 0 aromatic carbocycles. The van der Waals surface area contributed by atoms with Crippen molar-refractivity contribution in [3.05, 3.63) is 24.0 Å². The molecule has 1 aromatic heterocycles. The third-order valence-electron chi connectivity index (χ3n) is 2.25. The summed E-state index contributed by atoms with van der Waals surface area (Å²) in [4.78, 5) is 4.02. The van der Waals surface area contributed by atoms with Crippen LogP contribution in [-0.2, 0) is 10.2 Å². The zero-order valence-corrected chi connectivity index (χ0v) is 10.9. The lowest BCUT2D eigenvalue weighted by atomic mass is 10.4.